The molecule has 0 bridgehead atoms. The minimum atomic E-state index is -3.54. The summed E-state index contributed by atoms with van der Waals surface area (Å²) < 4.78 is 39.2. The Balaban J connectivity index is 1.78. The van der Waals surface area contributed by atoms with Gasteiger partial charge in [-0.25, -0.2) is 17.1 Å². The minimum Gasteiger partial charge on any atom is -0.376 e. The van der Waals surface area contributed by atoms with E-state index in [1.54, 1.807) is 19.2 Å². The van der Waals surface area contributed by atoms with Gasteiger partial charge in [-0.05, 0) is 55.0 Å². The number of nitrogens with zero attached hydrogens (tertiary/aromatic N) is 1. The molecule has 0 aromatic heterocycles. The summed E-state index contributed by atoms with van der Waals surface area (Å²) in [5.74, 6) is -1.27. The van der Waals surface area contributed by atoms with E-state index in [-0.39, 0.29) is 18.0 Å². The lowest BCUT2D eigenvalue weighted by Crippen LogP contribution is -2.36. The molecular formula is C21H27FN4O4S. The highest BCUT2D eigenvalue weighted by molar-refractivity contribution is 7.89. The van der Waals surface area contributed by atoms with Crippen LogP contribution in [-0.2, 0) is 19.6 Å². The fraction of sp³-hybridized carbons (Fsp3) is 0.333. The predicted molar refractivity (Wildman–Crippen MR) is 118 cm³/mol. The van der Waals surface area contributed by atoms with Crippen LogP contribution in [0.2, 0.25) is 0 Å². The van der Waals surface area contributed by atoms with Crippen molar-refractivity contribution in [1.29, 1.82) is 0 Å². The molecule has 0 aliphatic heterocycles. The Labute approximate surface area is 181 Å². The van der Waals surface area contributed by atoms with Crippen LogP contribution in [0.25, 0.3) is 0 Å². The lowest BCUT2D eigenvalue weighted by atomic mass is 10.3. The number of hydrogen-bond acceptors (Lipinski definition) is 5. The molecule has 168 valence electrons. The third kappa shape index (κ3) is 7.65. The summed E-state index contributed by atoms with van der Waals surface area (Å²) in [6, 6.07) is 11.4. The summed E-state index contributed by atoms with van der Waals surface area (Å²) in [4.78, 5) is 23.9. The number of carbonyl (C=O) groups is 2. The van der Waals surface area contributed by atoms with E-state index < -0.39 is 27.7 Å². The fourth-order valence-corrected chi connectivity index (χ4v) is 3.80. The van der Waals surface area contributed by atoms with Gasteiger partial charge in [0.05, 0.1) is 18.0 Å². The molecule has 0 fully saturated rings. The van der Waals surface area contributed by atoms with Crippen molar-refractivity contribution in [3.05, 3.63) is 54.3 Å². The van der Waals surface area contributed by atoms with Gasteiger partial charge in [-0.2, -0.15) is 0 Å². The number of unbranched alkanes of at least 4 members (excludes halogenated alkanes) is 1. The molecule has 0 unspecified atom stereocenters. The Bertz CT molecular complexity index is 979. The van der Waals surface area contributed by atoms with E-state index in [0.717, 1.165) is 12.8 Å². The summed E-state index contributed by atoms with van der Waals surface area (Å²) in [5, 5.41) is 7.88. The molecule has 2 rings (SSSR count). The number of halogens is 1. The average Bonchev–Trinajstić information content (AvgIpc) is 2.76. The quantitative estimate of drug-likeness (QED) is 0.487. The first-order chi connectivity index (χ1) is 14.7. The maximum Gasteiger partial charge on any atom is 0.243 e. The highest BCUT2D eigenvalue weighted by Crippen LogP contribution is 2.17. The van der Waals surface area contributed by atoms with Gasteiger partial charge in [0, 0.05) is 25.0 Å². The zero-order valence-corrected chi connectivity index (χ0v) is 18.3. The van der Waals surface area contributed by atoms with Crippen molar-refractivity contribution in [2.45, 2.75) is 24.7 Å². The van der Waals surface area contributed by atoms with E-state index in [0.29, 0.717) is 17.9 Å². The third-order valence-corrected chi connectivity index (χ3v) is 6.29. The SMILES string of the molecule is CCCCN(C)S(=O)(=O)c1ccc(NCC(=O)NCC(=O)Nc2ccc(F)cc2)cc1. The van der Waals surface area contributed by atoms with E-state index in [4.69, 9.17) is 0 Å². The Hall–Kier alpha value is -2.98. The van der Waals surface area contributed by atoms with Crippen LogP contribution in [0.1, 0.15) is 19.8 Å². The zero-order chi connectivity index (χ0) is 22.9. The molecule has 10 heteroatoms. The molecule has 3 N–H and O–H groups in total. The number of amides is 2. The highest BCUT2D eigenvalue weighted by atomic mass is 32.2. The van der Waals surface area contributed by atoms with Gasteiger partial charge < -0.3 is 16.0 Å². The van der Waals surface area contributed by atoms with Gasteiger partial charge in [0.1, 0.15) is 5.82 Å². The molecular weight excluding hydrogens is 423 g/mol. The molecule has 0 aliphatic rings. The van der Waals surface area contributed by atoms with Gasteiger partial charge in [0.15, 0.2) is 0 Å². The van der Waals surface area contributed by atoms with Crippen molar-refractivity contribution in [3.63, 3.8) is 0 Å². The van der Waals surface area contributed by atoms with Gasteiger partial charge in [0.25, 0.3) is 0 Å². The number of nitrogens with one attached hydrogen (secondary N) is 3. The maximum absolute atomic E-state index is 12.9. The average molecular weight is 451 g/mol. The molecule has 0 heterocycles. The molecule has 0 saturated heterocycles. The first kappa shape index (κ1) is 24.3. The van der Waals surface area contributed by atoms with Crippen molar-refractivity contribution >= 4 is 33.2 Å². The van der Waals surface area contributed by atoms with Crippen LogP contribution < -0.4 is 16.0 Å². The number of benzene rings is 2. The molecule has 0 saturated carbocycles. The Morgan fingerprint density at radius 2 is 1.55 bits per heavy atom. The van der Waals surface area contributed by atoms with Crippen molar-refractivity contribution in [2.24, 2.45) is 0 Å². The maximum atomic E-state index is 12.9. The second-order valence-electron chi connectivity index (χ2n) is 6.89. The molecule has 31 heavy (non-hydrogen) atoms. The molecule has 0 radical (unpaired) electrons. The lowest BCUT2D eigenvalue weighted by Gasteiger charge is -2.17. The molecule has 2 aromatic rings. The van der Waals surface area contributed by atoms with Gasteiger partial charge >= 0.3 is 0 Å². The highest BCUT2D eigenvalue weighted by Gasteiger charge is 2.19. The van der Waals surface area contributed by atoms with Crippen molar-refractivity contribution in [3.8, 4) is 0 Å². The number of sulfonamides is 1. The summed E-state index contributed by atoms with van der Waals surface area (Å²) in [5.41, 5.74) is 0.996. The first-order valence-electron chi connectivity index (χ1n) is 9.84. The summed E-state index contributed by atoms with van der Waals surface area (Å²) in [6.45, 7) is 2.12. The topological polar surface area (TPSA) is 108 Å². The Kier molecular flexibility index (Phi) is 8.95. The van der Waals surface area contributed by atoms with Crippen LogP contribution in [0, 0.1) is 5.82 Å². The van der Waals surface area contributed by atoms with Crippen LogP contribution in [0.15, 0.2) is 53.4 Å². The third-order valence-electron chi connectivity index (χ3n) is 4.42. The molecule has 0 atom stereocenters. The Morgan fingerprint density at radius 1 is 0.935 bits per heavy atom. The molecule has 2 amide bonds. The number of rotatable bonds is 11. The van der Waals surface area contributed by atoms with Gasteiger partial charge in [-0.15, -0.1) is 0 Å². The Morgan fingerprint density at radius 3 is 2.16 bits per heavy atom. The smallest absolute Gasteiger partial charge is 0.243 e. The predicted octanol–water partition coefficient (Wildman–Crippen LogP) is 2.41. The molecule has 8 nitrogen and oxygen atoms in total. The molecule has 2 aromatic carbocycles. The molecule has 0 aliphatic carbocycles. The normalized spacial score (nSPS) is 11.2. The summed E-state index contributed by atoms with van der Waals surface area (Å²) in [6.07, 6.45) is 1.69. The zero-order valence-electron chi connectivity index (χ0n) is 17.5. The van der Waals surface area contributed by atoms with E-state index in [9.17, 15) is 22.4 Å². The van der Waals surface area contributed by atoms with Crippen molar-refractivity contribution < 1.29 is 22.4 Å². The largest absolute Gasteiger partial charge is 0.376 e. The van der Waals surface area contributed by atoms with Crippen LogP contribution in [0.4, 0.5) is 15.8 Å². The molecule has 0 spiro atoms. The van der Waals surface area contributed by atoms with E-state index in [2.05, 4.69) is 16.0 Å². The van der Waals surface area contributed by atoms with Gasteiger partial charge in [-0.1, -0.05) is 13.3 Å². The first-order valence-corrected chi connectivity index (χ1v) is 11.3. The van der Waals surface area contributed by atoms with Crippen LogP contribution in [0.5, 0.6) is 0 Å². The van der Waals surface area contributed by atoms with Crippen LogP contribution in [-0.4, -0.2) is 51.2 Å². The second kappa shape index (κ2) is 11.4. The minimum absolute atomic E-state index is 0.0909. The van der Waals surface area contributed by atoms with Crippen LogP contribution >= 0.6 is 0 Å². The standard InChI is InChI=1S/C21H27FN4O4S/c1-3-4-13-26(2)31(29,30)19-11-9-17(10-12-19)23-14-20(27)24-15-21(28)25-18-7-5-16(22)6-8-18/h5-12,23H,3-4,13-15H2,1-2H3,(H,24,27)(H,25,28). The number of anilines is 2. The monoisotopic (exact) mass is 450 g/mol. The van der Waals surface area contributed by atoms with Gasteiger partial charge in [0.2, 0.25) is 21.8 Å². The number of carbonyl (C=O) groups excluding carboxylic acids is 2. The van der Waals surface area contributed by atoms with E-state index >= 15 is 0 Å². The lowest BCUT2D eigenvalue weighted by molar-refractivity contribution is -0.122. The van der Waals surface area contributed by atoms with E-state index in [1.807, 2.05) is 6.92 Å². The fourth-order valence-electron chi connectivity index (χ4n) is 2.59. The van der Waals surface area contributed by atoms with Crippen molar-refractivity contribution in [2.75, 3.05) is 37.3 Å². The summed E-state index contributed by atoms with van der Waals surface area (Å²) in [7, 11) is -2.00. The second-order valence-corrected chi connectivity index (χ2v) is 8.93. The summed E-state index contributed by atoms with van der Waals surface area (Å²) >= 11 is 0. The van der Waals surface area contributed by atoms with Crippen LogP contribution in [0.3, 0.4) is 0 Å². The number of hydrogen-bond donors (Lipinski definition) is 3. The van der Waals surface area contributed by atoms with Crippen molar-refractivity contribution in [1.82, 2.24) is 9.62 Å². The van der Waals surface area contributed by atoms with E-state index in [1.165, 1.54) is 40.7 Å². The van der Waals surface area contributed by atoms with Gasteiger partial charge in [-0.3, -0.25) is 9.59 Å².